The van der Waals surface area contributed by atoms with E-state index in [0.29, 0.717) is 17.4 Å². The van der Waals surface area contributed by atoms with Gasteiger partial charge in [0.2, 0.25) is 0 Å². The zero-order valence-corrected chi connectivity index (χ0v) is 18.9. The number of imidazole rings is 1. The fraction of sp³-hybridized carbons (Fsp3) is 0.125. The zero-order valence-electron chi connectivity index (χ0n) is 17.3. The van der Waals surface area contributed by atoms with Crippen molar-refractivity contribution in [1.82, 2.24) is 24.7 Å². The molecule has 0 spiro atoms. The van der Waals surface area contributed by atoms with Crippen molar-refractivity contribution in [2.45, 2.75) is 17.8 Å². The molecule has 0 aliphatic carbocycles. The van der Waals surface area contributed by atoms with Crippen LogP contribution in [0.2, 0.25) is 5.02 Å². The minimum Gasteiger partial charge on any atom is -0.494 e. The lowest BCUT2D eigenvalue weighted by molar-refractivity contribution is 0.340. The Morgan fingerprint density at radius 1 is 1.00 bits per heavy atom. The van der Waals surface area contributed by atoms with Crippen molar-refractivity contribution < 1.29 is 4.74 Å². The third-order valence-electron chi connectivity index (χ3n) is 4.90. The van der Waals surface area contributed by atoms with Crippen LogP contribution in [0.15, 0.2) is 78.0 Å². The monoisotopic (exact) mass is 461 g/mol. The van der Waals surface area contributed by atoms with Gasteiger partial charge in [0.15, 0.2) is 11.0 Å². The van der Waals surface area contributed by atoms with Crippen LogP contribution in [0.4, 0.5) is 0 Å². The van der Waals surface area contributed by atoms with Gasteiger partial charge in [0.1, 0.15) is 11.6 Å². The van der Waals surface area contributed by atoms with Crippen molar-refractivity contribution in [2.75, 3.05) is 6.61 Å². The molecular weight excluding hydrogens is 442 g/mol. The van der Waals surface area contributed by atoms with E-state index in [-0.39, 0.29) is 0 Å². The van der Waals surface area contributed by atoms with Crippen LogP contribution in [-0.4, -0.2) is 31.3 Å². The zero-order chi connectivity index (χ0) is 21.9. The SMILES string of the molecule is CCOc1ccc(-n2c(SCc3nc4ccccc4[nH]3)nnc2-c2cccc(Cl)c2)cc1. The molecule has 0 aliphatic heterocycles. The Kier molecular flexibility index (Phi) is 5.83. The van der Waals surface area contributed by atoms with Gasteiger partial charge in [0, 0.05) is 16.3 Å². The lowest BCUT2D eigenvalue weighted by Gasteiger charge is -2.11. The number of thioether (sulfide) groups is 1. The Hall–Kier alpha value is -3.29. The summed E-state index contributed by atoms with van der Waals surface area (Å²) < 4.78 is 7.63. The summed E-state index contributed by atoms with van der Waals surface area (Å²) in [5.74, 6) is 3.08. The molecule has 0 radical (unpaired) electrons. The Morgan fingerprint density at radius 2 is 1.84 bits per heavy atom. The summed E-state index contributed by atoms with van der Waals surface area (Å²) in [6, 6.07) is 23.6. The van der Waals surface area contributed by atoms with Crippen LogP contribution in [0.1, 0.15) is 12.7 Å². The van der Waals surface area contributed by atoms with E-state index in [4.69, 9.17) is 16.3 Å². The van der Waals surface area contributed by atoms with Crippen LogP contribution in [0, 0.1) is 0 Å². The number of ether oxygens (including phenoxy) is 1. The van der Waals surface area contributed by atoms with Crippen LogP contribution in [0.3, 0.4) is 0 Å². The number of hydrogen-bond donors (Lipinski definition) is 1. The van der Waals surface area contributed by atoms with Gasteiger partial charge in [0.25, 0.3) is 0 Å². The van der Waals surface area contributed by atoms with Crippen molar-refractivity contribution in [3.63, 3.8) is 0 Å². The molecule has 0 fully saturated rings. The first-order valence-electron chi connectivity index (χ1n) is 10.2. The highest BCUT2D eigenvalue weighted by Crippen LogP contribution is 2.31. The second-order valence-electron chi connectivity index (χ2n) is 7.07. The lowest BCUT2D eigenvalue weighted by atomic mass is 10.2. The maximum Gasteiger partial charge on any atom is 0.196 e. The van der Waals surface area contributed by atoms with Gasteiger partial charge >= 0.3 is 0 Å². The topological polar surface area (TPSA) is 68.6 Å². The fourth-order valence-corrected chi connectivity index (χ4v) is 4.49. The number of H-pyrrole nitrogens is 1. The third kappa shape index (κ3) is 4.22. The van der Waals surface area contributed by atoms with E-state index in [1.54, 1.807) is 11.8 Å². The number of nitrogens with zero attached hydrogens (tertiary/aromatic N) is 4. The number of fused-ring (bicyclic) bond motifs is 1. The molecule has 160 valence electrons. The summed E-state index contributed by atoms with van der Waals surface area (Å²) in [4.78, 5) is 8.04. The molecule has 0 saturated carbocycles. The molecule has 3 aromatic carbocycles. The predicted octanol–water partition coefficient (Wildman–Crippen LogP) is 6.16. The lowest BCUT2D eigenvalue weighted by Crippen LogP contribution is -2.00. The highest BCUT2D eigenvalue weighted by atomic mass is 35.5. The third-order valence-corrected chi connectivity index (χ3v) is 6.07. The van der Waals surface area contributed by atoms with Crippen molar-refractivity contribution >= 4 is 34.4 Å². The predicted molar refractivity (Wildman–Crippen MR) is 129 cm³/mol. The maximum absolute atomic E-state index is 6.24. The normalized spacial score (nSPS) is 11.2. The Labute approximate surface area is 194 Å². The number of rotatable bonds is 7. The summed E-state index contributed by atoms with van der Waals surface area (Å²) in [5.41, 5.74) is 3.82. The maximum atomic E-state index is 6.24. The van der Waals surface area contributed by atoms with E-state index >= 15 is 0 Å². The summed E-state index contributed by atoms with van der Waals surface area (Å²) in [6.07, 6.45) is 0. The van der Waals surface area contributed by atoms with Gasteiger partial charge in [-0.25, -0.2) is 4.98 Å². The number of aromatic nitrogens is 5. The fourth-order valence-electron chi connectivity index (χ4n) is 3.48. The van der Waals surface area contributed by atoms with Gasteiger partial charge in [0.05, 0.1) is 23.4 Å². The quantitative estimate of drug-likeness (QED) is 0.294. The van der Waals surface area contributed by atoms with Gasteiger partial charge in [-0.3, -0.25) is 4.57 Å². The van der Waals surface area contributed by atoms with Crippen molar-refractivity contribution in [3.05, 3.63) is 83.6 Å². The molecule has 5 rings (SSSR count). The van der Waals surface area contributed by atoms with E-state index in [9.17, 15) is 0 Å². The molecule has 0 bridgehead atoms. The van der Waals surface area contributed by atoms with Crippen LogP contribution < -0.4 is 4.74 Å². The molecule has 32 heavy (non-hydrogen) atoms. The Morgan fingerprint density at radius 3 is 2.62 bits per heavy atom. The average molecular weight is 462 g/mol. The summed E-state index contributed by atoms with van der Waals surface area (Å²) in [6.45, 7) is 2.59. The standard InChI is InChI=1S/C24H20ClN5OS/c1-2-31-19-12-10-18(11-13-19)30-23(16-6-5-7-17(25)14-16)28-29-24(30)32-15-22-26-20-8-3-4-9-21(20)27-22/h3-14H,2,15H2,1H3,(H,26,27). The molecule has 6 nitrogen and oxygen atoms in total. The minimum absolute atomic E-state index is 0.623. The first-order chi connectivity index (χ1) is 15.7. The first-order valence-corrected chi connectivity index (χ1v) is 11.6. The van der Waals surface area contributed by atoms with Crippen LogP contribution in [0.5, 0.6) is 5.75 Å². The first kappa shape index (κ1) is 20.6. The van der Waals surface area contributed by atoms with Crippen LogP contribution in [-0.2, 0) is 5.75 Å². The van der Waals surface area contributed by atoms with E-state index in [2.05, 4.69) is 20.2 Å². The molecule has 2 heterocycles. The highest BCUT2D eigenvalue weighted by molar-refractivity contribution is 7.98. The number of halogens is 1. The Bertz CT molecular complexity index is 1330. The van der Waals surface area contributed by atoms with Crippen LogP contribution in [0.25, 0.3) is 28.1 Å². The van der Waals surface area contributed by atoms with Gasteiger partial charge in [-0.1, -0.05) is 47.6 Å². The molecule has 0 amide bonds. The molecule has 8 heteroatoms. The number of hydrogen-bond acceptors (Lipinski definition) is 5. The molecule has 0 atom stereocenters. The van der Waals surface area contributed by atoms with E-state index in [0.717, 1.165) is 44.8 Å². The van der Waals surface area contributed by atoms with Crippen molar-refractivity contribution in [2.24, 2.45) is 0 Å². The largest absolute Gasteiger partial charge is 0.494 e. The molecule has 0 saturated heterocycles. The highest BCUT2D eigenvalue weighted by Gasteiger charge is 2.17. The number of aromatic amines is 1. The molecule has 5 aromatic rings. The summed E-state index contributed by atoms with van der Waals surface area (Å²) >= 11 is 7.82. The number of nitrogens with one attached hydrogen (secondary N) is 1. The number of para-hydroxylation sites is 2. The van der Waals surface area contributed by atoms with E-state index in [1.165, 1.54) is 0 Å². The molecule has 1 N–H and O–H groups in total. The minimum atomic E-state index is 0.623. The smallest absolute Gasteiger partial charge is 0.196 e. The van der Waals surface area contributed by atoms with Gasteiger partial charge in [-0.05, 0) is 55.5 Å². The Balaban J connectivity index is 1.51. The summed E-state index contributed by atoms with van der Waals surface area (Å²) in [5, 5.41) is 10.4. The van der Waals surface area contributed by atoms with Crippen molar-refractivity contribution in [1.29, 1.82) is 0 Å². The molecule has 0 aliphatic rings. The second-order valence-corrected chi connectivity index (χ2v) is 8.45. The molecule has 2 aromatic heterocycles. The average Bonchev–Trinajstić information content (AvgIpc) is 3.42. The summed E-state index contributed by atoms with van der Waals surface area (Å²) in [7, 11) is 0. The molecular formula is C24H20ClN5OS. The number of benzene rings is 3. The van der Waals surface area contributed by atoms with Crippen LogP contribution >= 0.6 is 23.4 Å². The molecule has 0 unspecified atom stereocenters. The van der Waals surface area contributed by atoms with E-state index in [1.807, 2.05) is 84.3 Å². The van der Waals surface area contributed by atoms with E-state index < -0.39 is 0 Å². The van der Waals surface area contributed by atoms with Gasteiger partial charge < -0.3 is 9.72 Å². The van der Waals surface area contributed by atoms with Gasteiger partial charge in [-0.15, -0.1) is 10.2 Å². The van der Waals surface area contributed by atoms with Gasteiger partial charge in [-0.2, -0.15) is 0 Å². The second kappa shape index (κ2) is 9.06. The van der Waals surface area contributed by atoms with Crippen molar-refractivity contribution in [3.8, 4) is 22.8 Å².